The number of hydrogen-bond donors (Lipinski definition) is 1. The van der Waals surface area contributed by atoms with Gasteiger partial charge in [0, 0.05) is 44.6 Å². The van der Waals surface area contributed by atoms with Gasteiger partial charge in [-0.3, -0.25) is 0 Å². The van der Waals surface area contributed by atoms with Gasteiger partial charge in [0.05, 0.1) is 11.6 Å². The summed E-state index contributed by atoms with van der Waals surface area (Å²) in [5.41, 5.74) is 1.75. The molecule has 1 atom stereocenters. The first-order valence-electron chi connectivity index (χ1n) is 8.36. The molecular weight excluding hydrogens is 316 g/mol. The van der Waals surface area contributed by atoms with Crippen molar-refractivity contribution >= 4 is 28.3 Å². The lowest BCUT2D eigenvalue weighted by atomic mass is 10.2. The van der Waals surface area contributed by atoms with E-state index < -0.39 is 0 Å². The Morgan fingerprint density at radius 2 is 2.20 bits per heavy atom. The maximum absolute atomic E-state index is 4.70. The summed E-state index contributed by atoms with van der Waals surface area (Å²) in [7, 11) is 2.11. The second-order valence-corrected chi connectivity index (χ2v) is 6.36. The first-order valence-corrected chi connectivity index (χ1v) is 8.36. The van der Waals surface area contributed by atoms with Crippen LogP contribution < -0.4 is 9.80 Å². The Kier molecular flexibility index (Phi) is 3.09. The average molecular weight is 334 g/mol. The normalized spacial score (nSPS) is 17.6. The summed E-state index contributed by atoms with van der Waals surface area (Å²) >= 11 is 0. The molecule has 25 heavy (non-hydrogen) atoms. The second-order valence-electron chi connectivity index (χ2n) is 6.36. The van der Waals surface area contributed by atoms with E-state index in [1.165, 1.54) is 0 Å². The molecule has 4 aromatic rings. The van der Waals surface area contributed by atoms with Crippen LogP contribution in [0.3, 0.4) is 0 Å². The summed E-state index contributed by atoms with van der Waals surface area (Å²) in [5, 5.41) is 5.28. The van der Waals surface area contributed by atoms with E-state index in [1.54, 1.807) is 17.0 Å². The molecule has 5 heterocycles. The zero-order valence-corrected chi connectivity index (χ0v) is 13.9. The molecule has 5 rings (SSSR count). The molecule has 8 heteroatoms. The number of aromatic amines is 1. The van der Waals surface area contributed by atoms with Crippen molar-refractivity contribution in [3.05, 3.63) is 43.1 Å². The molecule has 0 spiro atoms. The summed E-state index contributed by atoms with van der Waals surface area (Å²) in [6.07, 6.45) is 8.32. The summed E-state index contributed by atoms with van der Waals surface area (Å²) in [5.74, 6) is 1.97. The van der Waals surface area contributed by atoms with Crippen molar-refractivity contribution in [1.82, 2.24) is 29.5 Å². The van der Waals surface area contributed by atoms with Crippen molar-refractivity contribution in [3.8, 4) is 0 Å². The molecule has 1 aliphatic heterocycles. The van der Waals surface area contributed by atoms with Gasteiger partial charge in [-0.15, -0.1) is 0 Å². The number of aromatic nitrogens is 6. The Morgan fingerprint density at radius 3 is 3.16 bits per heavy atom. The van der Waals surface area contributed by atoms with Crippen molar-refractivity contribution in [2.45, 2.75) is 12.5 Å². The van der Waals surface area contributed by atoms with E-state index in [0.29, 0.717) is 6.04 Å². The molecule has 0 aliphatic carbocycles. The Balaban J connectivity index is 1.40. The lowest BCUT2D eigenvalue weighted by Crippen LogP contribution is -2.35. The van der Waals surface area contributed by atoms with Gasteiger partial charge in [-0.05, 0) is 18.6 Å². The van der Waals surface area contributed by atoms with Crippen molar-refractivity contribution in [2.75, 3.05) is 29.9 Å². The van der Waals surface area contributed by atoms with Crippen molar-refractivity contribution < 1.29 is 0 Å². The van der Waals surface area contributed by atoms with E-state index in [-0.39, 0.29) is 0 Å². The molecular formula is C17H18N8. The monoisotopic (exact) mass is 334 g/mol. The van der Waals surface area contributed by atoms with Crippen LogP contribution in [-0.4, -0.2) is 55.7 Å². The number of rotatable bonds is 3. The van der Waals surface area contributed by atoms with Gasteiger partial charge in [0.1, 0.15) is 23.6 Å². The average Bonchev–Trinajstić information content (AvgIpc) is 3.39. The van der Waals surface area contributed by atoms with Crippen LogP contribution in [0.2, 0.25) is 0 Å². The zero-order chi connectivity index (χ0) is 16.8. The Labute approximate surface area is 144 Å². The molecule has 8 nitrogen and oxygen atoms in total. The summed E-state index contributed by atoms with van der Waals surface area (Å²) in [6.45, 7) is 1.89. The Hall–Kier alpha value is -3.16. The Morgan fingerprint density at radius 1 is 1.24 bits per heavy atom. The highest BCUT2D eigenvalue weighted by atomic mass is 15.3. The summed E-state index contributed by atoms with van der Waals surface area (Å²) in [6, 6.07) is 6.36. The number of nitrogens with one attached hydrogen (secondary N) is 1. The van der Waals surface area contributed by atoms with Gasteiger partial charge in [-0.2, -0.15) is 5.10 Å². The molecule has 1 aliphatic rings. The number of anilines is 2. The SMILES string of the molecule is CN(c1ccn2nccc2n1)[C@@H]1CCN(c2ncnc3[nH]ccc23)C1. The van der Waals surface area contributed by atoms with Crippen LogP contribution in [-0.2, 0) is 0 Å². The van der Waals surface area contributed by atoms with Gasteiger partial charge in [0.2, 0.25) is 0 Å². The third-order valence-electron chi connectivity index (χ3n) is 4.95. The minimum atomic E-state index is 0.391. The van der Waals surface area contributed by atoms with Crippen molar-refractivity contribution in [2.24, 2.45) is 0 Å². The van der Waals surface area contributed by atoms with Crippen LogP contribution in [0.15, 0.2) is 43.1 Å². The van der Waals surface area contributed by atoms with E-state index in [4.69, 9.17) is 4.98 Å². The fourth-order valence-electron chi connectivity index (χ4n) is 3.55. The molecule has 0 saturated carbocycles. The third-order valence-corrected chi connectivity index (χ3v) is 4.95. The minimum absolute atomic E-state index is 0.391. The quantitative estimate of drug-likeness (QED) is 0.615. The molecule has 1 saturated heterocycles. The topological polar surface area (TPSA) is 78.2 Å². The van der Waals surface area contributed by atoms with Gasteiger partial charge in [-0.1, -0.05) is 0 Å². The molecule has 4 aromatic heterocycles. The van der Waals surface area contributed by atoms with Crippen LogP contribution in [0.5, 0.6) is 0 Å². The van der Waals surface area contributed by atoms with Gasteiger partial charge in [0.15, 0.2) is 5.65 Å². The molecule has 0 radical (unpaired) electrons. The molecule has 0 unspecified atom stereocenters. The van der Waals surface area contributed by atoms with Gasteiger partial charge in [0.25, 0.3) is 0 Å². The van der Waals surface area contributed by atoms with Crippen LogP contribution in [0.4, 0.5) is 11.6 Å². The first kappa shape index (κ1) is 14.2. The fraction of sp³-hybridized carbons (Fsp3) is 0.294. The Bertz CT molecular complexity index is 1040. The van der Waals surface area contributed by atoms with E-state index in [9.17, 15) is 0 Å². The largest absolute Gasteiger partial charge is 0.355 e. The van der Waals surface area contributed by atoms with E-state index in [2.05, 4.69) is 36.9 Å². The molecule has 0 bridgehead atoms. The minimum Gasteiger partial charge on any atom is -0.355 e. The molecule has 126 valence electrons. The molecule has 0 amide bonds. The third kappa shape index (κ3) is 2.29. The summed E-state index contributed by atoms with van der Waals surface area (Å²) < 4.78 is 1.78. The van der Waals surface area contributed by atoms with Gasteiger partial charge in [-0.25, -0.2) is 19.5 Å². The molecule has 1 fully saturated rings. The maximum Gasteiger partial charge on any atom is 0.157 e. The standard InChI is InChI=1S/C17H18N8/c1-23(14-5-9-25-15(22-14)3-7-21-25)12-4-8-24(10-12)17-13-2-6-18-16(13)19-11-20-17/h2-3,5-7,9,11-12H,4,8,10H2,1H3,(H,18,19,20)/t12-/m1/s1. The number of fused-ring (bicyclic) bond motifs is 2. The predicted octanol–water partition coefficient (Wildman–Crippen LogP) is 1.72. The molecule has 0 aromatic carbocycles. The van der Waals surface area contributed by atoms with E-state index in [1.807, 2.05) is 30.6 Å². The fourth-order valence-corrected chi connectivity index (χ4v) is 3.55. The van der Waals surface area contributed by atoms with Crippen LogP contribution >= 0.6 is 0 Å². The van der Waals surface area contributed by atoms with E-state index >= 15 is 0 Å². The van der Waals surface area contributed by atoms with Crippen LogP contribution in [0, 0.1) is 0 Å². The smallest absolute Gasteiger partial charge is 0.157 e. The first-order chi connectivity index (χ1) is 12.3. The number of likely N-dealkylation sites (N-methyl/N-ethyl adjacent to an activating group) is 1. The summed E-state index contributed by atoms with van der Waals surface area (Å²) in [4.78, 5) is 21.2. The van der Waals surface area contributed by atoms with Gasteiger partial charge < -0.3 is 14.8 Å². The van der Waals surface area contributed by atoms with E-state index in [0.717, 1.165) is 47.8 Å². The number of hydrogen-bond acceptors (Lipinski definition) is 6. The molecule has 1 N–H and O–H groups in total. The highest BCUT2D eigenvalue weighted by molar-refractivity contribution is 5.87. The lowest BCUT2D eigenvalue weighted by molar-refractivity contribution is 0.683. The van der Waals surface area contributed by atoms with Crippen LogP contribution in [0.1, 0.15) is 6.42 Å². The van der Waals surface area contributed by atoms with Crippen molar-refractivity contribution in [1.29, 1.82) is 0 Å². The van der Waals surface area contributed by atoms with Gasteiger partial charge >= 0.3 is 0 Å². The highest BCUT2D eigenvalue weighted by Crippen LogP contribution is 2.28. The zero-order valence-electron chi connectivity index (χ0n) is 13.9. The number of H-pyrrole nitrogens is 1. The highest BCUT2D eigenvalue weighted by Gasteiger charge is 2.28. The predicted molar refractivity (Wildman–Crippen MR) is 95.9 cm³/mol. The number of nitrogens with zero attached hydrogens (tertiary/aromatic N) is 7. The maximum atomic E-state index is 4.70. The van der Waals surface area contributed by atoms with Crippen molar-refractivity contribution in [3.63, 3.8) is 0 Å². The second kappa shape index (κ2) is 5.44. The van der Waals surface area contributed by atoms with Crippen LogP contribution in [0.25, 0.3) is 16.7 Å². The lowest BCUT2D eigenvalue weighted by Gasteiger charge is -2.26.